The third kappa shape index (κ3) is 2.08. The second-order valence-corrected chi connectivity index (χ2v) is 5.48. The van der Waals surface area contributed by atoms with E-state index < -0.39 is 0 Å². The Morgan fingerprint density at radius 2 is 2.19 bits per heavy atom. The molecule has 1 fully saturated rings. The van der Waals surface area contributed by atoms with E-state index in [4.69, 9.17) is 5.73 Å². The maximum Gasteiger partial charge on any atom is 0.127 e. The molecule has 3 heteroatoms. The van der Waals surface area contributed by atoms with E-state index in [1.54, 1.807) is 0 Å². The molecule has 90 valence electrons. The van der Waals surface area contributed by atoms with Crippen LogP contribution in [-0.4, -0.2) is 9.55 Å². The van der Waals surface area contributed by atoms with Crippen LogP contribution in [0.1, 0.15) is 64.1 Å². The van der Waals surface area contributed by atoms with Crippen molar-refractivity contribution in [3.8, 4) is 0 Å². The summed E-state index contributed by atoms with van der Waals surface area (Å²) in [6, 6.07) is 0.405. The molecule has 0 amide bonds. The molecule has 2 N–H and O–H groups in total. The monoisotopic (exact) mass is 221 g/mol. The van der Waals surface area contributed by atoms with Crippen molar-refractivity contribution in [2.75, 3.05) is 5.73 Å². The van der Waals surface area contributed by atoms with Gasteiger partial charge in [-0.05, 0) is 32.6 Å². The van der Waals surface area contributed by atoms with E-state index in [1.165, 1.54) is 25.7 Å². The molecule has 0 aromatic carbocycles. The zero-order valence-electron chi connectivity index (χ0n) is 10.6. The molecule has 3 nitrogen and oxygen atoms in total. The van der Waals surface area contributed by atoms with E-state index in [2.05, 4.69) is 30.3 Å². The predicted octanol–water partition coefficient (Wildman–Crippen LogP) is 3.34. The molecular weight excluding hydrogens is 198 g/mol. The number of nitrogens with two attached hydrogens (primary N) is 1. The number of rotatable bonds is 2. The molecule has 0 spiro atoms. The Labute approximate surface area is 98.1 Å². The highest BCUT2D eigenvalue weighted by Crippen LogP contribution is 2.37. The first-order valence-electron chi connectivity index (χ1n) is 6.41. The highest BCUT2D eigenvalue weighted by molar-refractivity contribution is 5.39. The van der Waals surface area contributed by atoms with Gasteiger partial charge in [-0.2, -0.15) is 0 Å². The fraction of sp³-hybridized carbons (Fsp3) is 0.769. The van der Waals surface area contributed by atoms with E-state index in [9.17, 15) is 0 Å². The summed E-state index contributed by atoms with van der Waals surface area (Å²) in [5.74, 6) is 2.29. The minimum Gasteiger partial charge on any atom is -0.384 e. The molecule has 16 heavy (non-hydrogen) atoms. The number of anilines is 1. The van der Waals surface area contributed by atoms with Crippen molar-refractivity contribution >= 4 is 5.82 Å². The normalized spacial score (nSPS) is 26.2. The van der Waals surface area contributed by atoms with Crippen LogP contribution in [0.2, 0.25) is 0 Å². The van der Waals surface area contributed by atoms with Gasteiger partial charge in [0.05, 0.1) is 12.0 Å². The maximum absolute atomic E-state index is 6.18. The van der Waals surface area contributed by atoms with E-state index in [0.717, 1.165) is 17.4 Å². The third-order valence-electron chi connectivity index (χ3n) is 3.74. The van der Waals surface area contributed by atoms with Gasteiger partial charge in [0.2, 0.25) is 0 Å². The minimum atomic E-state index is 0.405. The molecule has 0 bridgehead atoms. The lowest BCUT2D eigenvalue weighted by Crippen LogP contribution is -2.14. The Bertz CT molecular complexity index is 354. The smallest absolute Gasteiger partial charge is 0.127 e. The SMILES string of the molecule is CC1CCCC(c2ncn(C(C)C)c2N)C1. The van der Waals surface area contributed by atoms with Gasteiger partial charge in [0, 0.05) is 12.0 Å². The Morgan fingerprint density at radius 3 is 2.75 bits per heavy atom. The molecule has 2 rings (SSSR count). The average Bonchev–Trinajstić information content (AvgIpc) is 2.60. The fourth-order valence-corrected chi connectivity index (χ4v) is 2.79. The Morgan fingerprint density at radius 1 is 1.44 bits per heavy atom. The second-order valence-electron chi connectivity index (χ2n) is 5.48. The highest BCUT2D eigenvalue weighted by atomic mass is 15.1. The summed E-state index contributed by atoms with van der Waals surface area (Å²) >= 11 is 0. The van der Waals surface area contributed by atoms with Gasteiger partial charge in [0.1, 0.15) is 5.82 Å². The number of imidazole rings is 1. The number of nitrogen functional groups attached to an aromatic ring is 1. The van der Waals surface area contributed by atoms with Gasteiger partial charge in [-0.15, -0.1) is 0 Å². The van der Waals surface area contributed by atoms with Gasteiger partial charge in [0.15, 0.2) is 0 Å². The number of nitrogens with zero attached hydrogens (tertiary/aromatic N) is 2. The number of hydrogen-bond acceptors (Lipinski definition) is 2. The molecule has 1 aromatic heterocycles. The van der Waals surface area contributed by atoms with Crippen molar-refractivity contribution in [3.63, 3.8) is 0 Å². The van der Waals surface area contributed by atoms with Crippen LogP contribution in [-0.2, 0) is 0 Å². The molecule has 1 aromatic rings. The van der Waals surface area contributed by atoms with Crippen molar-refractivity contribution in [2.24, 2.45) is 5.92 Å². The standard InChI is InChI=1S/C13H23N3/c1-9(2)16-8-15-12(13(16)14)11-6-4-5-10(3)7-11/h8-11H,4-7,14H2,1-3H3. The van der Waals surface area contributed by atoms with Gasteiger partial charge in [-0.3, -0.25) is 0 Å². The Hall–Kier alpha value is -0.990. The molecule has 1 aliphatic rings. The summed E-state index contributed by atoms with van der Waals surface area (Å²) in [6.45, 7) is 6.62. The van der Waals surface area contributed by atoms with Gasteiger partial charge in [-0.25, -0.2) is 4.98 Å². The van der Waals surface area contributed by atoms with Crippen LogP contribution in [0.15, 0.2) is 6.33 Å². The van der Waals surface area contributed by atoms with Crippen molar-refractivity contribution < 1.29 is 0 Å². The van der Waals surface area contributed by atoms with Crippen LogP contribution >= 0.6 is 0 Å². The molecule has 1 aliphatic carbocycles. The van der Waals surface area contributed by atoms with Crippen molar-refractivity contribution in [1.29, 1.82) is 0 Å². The van der Waals surface area contributed by atoms with Crippen LogP contribution in [0.4, 0.5) is 5.82 Å². The van der Waals surface area contributed by atoms with Gasteiger partial charge in [0.25, 0.3) is 0 Å². The Balaban J connectivity index is 2.20. The number of aromatic nitrogens is 2. The molecule has 1 heterocycles. The zero-order valence-corrected chi connectivity index (χ0v) is 10.6. The van der Waals surface area contributed by atoms with Gasteiger partial charge >= 0.3 is 0 Å². The summed E-state index contributed by atoms with van der Waals surface area (Å²) < 4.78 is 2.08. The largest absolute Gasteiger partial charge is 0.384 e. The zero-order chi connectivity index (χ0) is 11.7. The van der Waals surface area contributed by atoms with Gasteiger partial charge < -0.3 is 10.3 Å². The van der Waals surface area contributed by atoms with Crippen molar-refractivity contribution in [3.05, 3.63) is 12.0 Å². The average molecular weight is 221 g/mol. The quantitative estimate of drug-likeness (QED) is 0.832. The highest BCUT2D eigenvalue weighted by Gasteiger charge is 2.25. The second kappa shape index (κ2) is 4.48. The first kappa shape index (κ1) is 11.5. The summed E-state index contributed by atoms with van der Waals surface area (Å²) in [5.41, 5.74) is 7.32. The van der Waals surface area contributed by atoms with E-state index in [-0.39, 0.29) is 0 Å². The van der Waals surface area contributed by atoms with E-state index in [0.29, 0.717) is 12.0 Å². The summed E-state index contributed by atoms with van der Waals surface area (Å²) in [4.78, 5) is 4.53. The first-order valence-corrected chi connectivity index (χ1v) is 6.41. The minimum absolute atomic E-state index is 0.405. The van der Waals surface area contributed by atoms with E-state index in [1.807, 2.05) is 6.33 Å². The van der Waals surface area contributed by atoms with Crippen LogP contribution in [0.25, 0.3) is 0 Å². The third-order valence-corrected chi connectivity index (χ3v) is 3.74. The topological polar surface area (TPSA) is 43.8 Å². The summed E-state index contributed by atoms with van der Waals surface area (Å²) in [6.07, 6.45) is 7.08. The summed E-state index contributed by atoms with van der Waals surface area (Å²) in [7, 11) is 0. The summed E-state index contributed by atoms with van der Waals surface area (Å²) in [5, 5.41) is 0. The molecular formula is C13H23N3. The van der Waals surface area contributed by atoms with Crippen molar-refractivity contribution in [2.45, 2.75) is 58.4 Å². The van der Waals surface area contributed by atoms with Gasteiger partial charge in [-0.1, -0.05) is 19.8 Å². The Kier molecular flexibility index (Phi) is 3.22. The fourth-order valence-electron chi connectivity index (χ4n) is 2.79. The number of hydrogen-bond donors (Lipinski definition) is 1. The predicted molar refractivity (Wildman–Crippen MR) is 67.4 cm³/mol. The molecule has 0 radical (unpaired) electrons. The van der Waals surface area contributed by atoms with Crippen molar-refractivity contribution in [1.82, 2.24) is 9.55 Å². The molecule has 0 aliphatic heterocycles. The lowest BCUT2D eigenvalue weighted by Gasteiger charge is -2.26. The van der Waals surface area contributed by atoms with E-state index >= 15 is 0 Å². The lowest BCUT2D eigenvalue weighted by molar-refractivity contribution is 0.341. The molecule has 0 saturated heterocycles. The lowest BCUT2D eigenvalue weighted by atomic mass is 9.81. The maximum atomic E-state index is 6.18. The van der Waals surface area contributed by atoms with Crippen LogP contribution in [0.3, 0.4) is 0 Å². The molecule has 2 unspecified atom stereocenters. The molecule has 2 atom stereocenters. The molecule has 1 saturated carbocycles. The van der Waals surface area contributed by atoms with Crippen LogP contribution in [0.5, 0.6) is 0 Å². The first-order chi connectivity index (χ1) is 7.59. The van der Waals surface area contributed by atoms with Crippen LogP contribution in [0, 0.1) is 5.92 Å². The van der Waals surface area contributed by atoms with Crippen LogP contribution < -0.4 is 5.73 Å².